The summed E-state index contributed by atoms with van der Waals surface area (Å²) in [5.74, 6) is 0. The summed E-state index contributed by atoms with van der Waals surface area (Å²) in [4.78, 5) is 0. The molecule has 0 aromatic heterocycles. The third kappa shape index (κ3) is 3.61. The van der Waals surface area contributed by atoms with Crippen LogP contribution in [0.5, 0.6) is 0 Å². The van der Waals surface area contributed by atoms with Crippen molar-refractivity contribution in [3.05, 3.63) is 23.2 Å². The molecule has 15 heavy (non-hydrogen) atoms. The van der Waals surface area contributed by atoms with Crippen molar-refractivity contribution in [1.29, 1.82) is 0 Å². The molecule has 1 aromatic rings. The highest BCUT2D eigenvalue weighted by atomic mass is 35.5. The molecule has 3 nitrogen and oxygen atoms in total. The average Bonchev–Trinajstić information content (AvgIpc) is 2.22. The summed E-state index contributed by atoms with van der Waals surface area (Å²) in [6.45, 7) is 2.24. The molecule has 0 spiro atoms. The summed E-state index contributed by atoms with van der Waals surface area (Å²) in [5, 5.41) is 12.8. The normalized spacial score (nSPS) is 12.5. The van der Waals surface area contributed by atoms with Crippen LogP contribution in [0.1, 0.15) is 19.8 Å². The summed E-state index contributed by atoms with van der Waals surface area (Å²) in [6, 6.07) is 5.57. The number of nitrogens with two attached hydrogens (primary N) is 1. The van der Waals surface area contributed by atoms with E-state index in [1.54, 1.807) is 18.2 Å². The van der Waals surface area contributed by atoms with Crippen LogP contribution in [0.15, 0.2) is 18.2 Å². The molecular formula is C11H17ClN2O. The number of aliphatic hydroxyl groups is 1. The Morgan fingerprint density at radius 1 is 1.53 bits per heavy atom. The second-order valence-corrected chi connectivity index (χ2v) is 3.93. The third-order valence-electron chi connectivity index (χ3n) is 2.35. The minimum atomic E-state index is 0.173. The van der Waals surface area contributed by atoms with E-state index < -0.39 is 0 Å². The van der Waals surface area contributed by atoms with E-state index in [2.05, 4.69) is 12.2 Å². The van der Waals surface area contributed by atoms with Crippen LogP contribution in [-0.2, 0) is 0 Å². The monoisotopic (exact) mass is 228 g/mol. The number of anilines is 2. The number of halogens is 1. The molecule has 0 aliphatic heterocycles. The van der Waals surface area contributed by atoms with Gasteiger partial charge < -0.3 is 16.2 Å². The minimum Gasteiger partial charge on any atom is -0.397 e. The molecule has 84 valence electrons. The molecule has 1 rings (SSSR count). The first-order valence-electron chi connectivity index (χ1n) is 5.09. The van der Waals surface area contributed by atoms with Crippen LogP contribution < -0.4 is 11.1 Å². The summed E-state index contributed by atoms with van der Waals surface area (Å²) in [5.41, 5.74) is 7.32. The number of hydrogen-bond acceptors (Lipinski definition) is 3. The number of nitrogen functional groups attached to an aromatic ring is 1. The number of rotatable bonds is 5. The van der Waals surface area contributed by atoms with Crippen LogP contribution in [0.25, 0.3) is 0 Å². The van der Waals surface area contributed by atoms with Crippen molar-refractivity contribution in [2.45, 2.75) is 25.8 Å². The first-order chi connectivity index (χ1) is 7.17. The molecule has 4 heteroatoms. The van der Waals surface area contributed by atoms with Crippen molar-refractivity contribution in [1.82, 2.24) is 0 Å². The van der Waals surface area contributed by atoms with Gasteiger partial charge in [0.2, 0.25) is 0 Å². The quantitative estimate of drug-likeness (QED) is 0.679. The Hall–Kier alpha value is -0.930. The molecule has 0 radical (unpaired) electrons. The lowest BCUT2D eigenvalue weighted by molar-refractivity contribution is 0.278. The fourth-order valence-electron chi connectivity index (χ4n) is 1.41. The van der Waals surface area contributed by atoms with Crippen LogP contribution in [0.2, 0.25) is 5.02 Å². The highest BCUT2D eigenvalue weighted by Gasteiger charge is 2.07. The van der Waals surface area contributed by atoms with Crippen molar-refractivity contribution in [2.24, 2.45) is 0 Å². The van der Waals surface area contributed by atoms with Gasteiger partial charge in [-0.3, -0.25) is 0 Å². The predicted molar refractivity (Wildman–Crippen MR) is 65.3 cm³/mol. The van der Waals surface area contributed by atoms with Gasteiger partial charge in [-0.1, -0.05) is 18.5 Å². The van der Waals surface area contributed by atoms with Crippen LogP contribution in [-0.4, -0.2) is 17.8 Å². The summed E-state index contributed by atoms with van der Waals surface area (Å²) >= 11 is 5.88. The zero-order valence-electron chi connectivity index (χ0n) is 8.83. The molecule has 0 saturated carbocycles. The molecule has 1 unspecified atom stereocenters. The maximum absolute atomic E-state index is 8.87. The van der Waals surface area contributed by atoms with Crippen LogP contribution >= 0.6 is 11.6 Å². The van der Waals surface area contributed by atoms with Gasteiger partial charge in [0, 0.05) is 17.7 Å². The maximum atomic E-state index is 8.87. The fourth-order valence-corrected chi connectivity index (χ4v) is 1.58. The van der Waals surface area contributed by atoms with Gasteiger partial charge in [-0.15, -0.1) is 0 Å². The number of nitrogens with one attached hydrogen (secondary N) is 1. The largest absolute Gasteiger partial charge is 0.397 e. The van der Waals surface area contributed by atoms with E-state index in [1.165, 1.54) is 0 Å². The Morgan fingerprint density at radius 2 is 2.27 bits per heavy atom. The molecule has 0 fully saturated rings. The van der Waals surface area contributed by atoms with Gasteiger partial charge in [0.1, 0.15) is 0 Å². The van der Waals surface area contributed by atoms with E-state index in [4.69, 9.17) is 22.4 Å². The molecule has 4 N–H and O–H groups in total. The molecule has 0 heterocycles. The molecule has 0 saturated heterocycles. The fraction of sp³-hybridized carbons (Fsp3) is 0.455. The van der Waals surface area contributed by atoms with Gasteiger partial charge in [0.25, 0.3) is 0 Å². The standard InChI is InChI=1S/C11H17ClN2O/c1-2-9(5-6-15)14-11-7-8(12)3-4-10(11)13/h3-4,7,9,14-15H,2,5-6,13H2,1H3. The lowest BCUT2D eigenvalue weighted by Gasteiger charge is -2.18. The Kier molecular flexibility index (Phi) is 4.72. The maximum Gasteiger partial charge on any atom is 0.0591 e. The molecular weight excluding hydrogens is 212 g/mol. The second-order valence-electron chi connectivity index (χ2n) is 3.49. The van der Waals surface area contributed by atoms with Crippen molar-refractivity contribution < 1.29 is 5.11 Å². The van der Waals surface area contributed by atoms with Crippen LogP contribution in [0, 0.1) is 0 Å². The summed E-state index contributed by atoms with van der Waals surface area (Å²) in [7, 11) is 0. The average molecular weight is 229 g/mol. The van der Waals surface area contributed by atoms with Crippen molar-refractivity contribution >= 4 is 23.0 Å². The van der Waals surface area contributed by atoms with Crippen molar-refractivity contribution in [3.63, 3.8) is 0 Å². The Balaban J connectivity index is 2.73. The molecule has 0 aliphatic carbocycles. The molecule has 1 aromatic carbocycles. The minimum absolute atomic E-state index is 0.173. The Labute approximate surface area is 95.2 Å². The summed E-state index contributed by atoms with van der Waals surface area (Å²) in [6.07, 6.45) is 1.65. The van der Waals surface area contributed by atoms with E-state index in [0.29, 0.717) is 17.1 Å². The zero-order chi connectivity index (χ0) is 11.3. The second kappa shape index (κ2) is 5.83. The molecule has 1 atom stereocenters. The van der Waals surface area contributed by atoms with Gasteiger partial charge in [-0.25, -0.2) is 0 Å². The zero-order valence-corrected chi connectivity index (χ0v) is 9.59. The Morgan fingerprint density at radius 3 is 2.87 bits per heavy atom. The topological polar surface area (TPSA) is 58.3 Å². The van der Waals surface area contributed by atoms with E-state index >= 15 is 0 Å². The van der Waals surface area contributed by atoms with E-state index in [9.17, 15) is 0 Å². The van der Waals surface area contributed by atoms with E-state index in [1.807, 2.05) is 0 Å². The number of aliphatic hydroxyl groups excluding tert-OH is 1. The number of benzene rings is 1. The SMILES string of the molecule is CCC(CCO)Nc1cc(Cl)ccc1N. The highest BCUT2D eigenvalue weighted by Crippen LogP contribution is 2.24. The predicted octanol–water partition coefficient (Wildman–Crippen LogP) is 2.50. The molecule has 0 aliphatic rings. The van der Waals surface area contributed by atoms with Gasteiger partial charge in [0.15, 0.2) is 0 Å². The number of hydrogen-bond donors (Lipinski definition) is 3. The van der Waals surface area contributed by atoms with E-state index in [0.717, 1.165) is 12.1 Å². The highest BCUT2D eigenvalue weighted by molar-refractivity contribution is 6.31. The lowest BCUT2D eigenvalue weighted by Crippen LogP contribution is -2.20. The van der Waals surface area contributed by atoms with Crippen LogP contribution in [0.4, 0.5) is 11.4 Å². The first kappa shape index (κ1) is 12.1. The summed E-state index contributed by atoms with van der Waals surface area (Å²) < 4.78 is 0. The van der Waals surface area contributed by atoms with Gasteiger partial charge in [0.05, 0.1) is 11.4 Å². The van der Waals surface area contributed by atoms with Gasteiger partial charge in [-0.2, -0.15) is 0 Å². The molecule has 0 amide bonds. The van der Waals surface area contributed by atoms with Gasteiger partial charge >= 0.3 is 0 Å². The molecule has 0 bridgehead atoms. The Bertz CT molecular complexity index is 317. The van der Waals surface area contributed by atoms with Crippen molar-refractivity contribution in [3.8, 4) is 0 Å². The van der Waals surface area contributed by atoms with Gasteiger partial charge in [-0.05, 0) is 31.0 Å². The van der Waals surface area contributed by atoms with Crippen molar-refractivity contribution in [2.75, 3.05) is 17.7 Å². The van der Waals surface area contributed by atoms with Crippen LogP contribution in [0.3, 0.4) is 0 Å². The smallest absolute Gasteiger partial charge is 0.0591 e. The first-order valence-corrected chi connectivity index (χ1v) is 5.47. The van der Waals surface area contributed by atoms with E-state index in [-0.39, 0.29) is 12.6 Å². The lowest BCUT2D eigenvalue weighted by atomic mass is 10.1. The third-order valence-corrected chi connectivity index (χ3v) is 2.58.